The van der Waals surface area contributed by atoms with Gasteiger partial charge < -0.3 is 4.90 Å². The monoisotopic (exact) mass is 239 g/mol. The van der Waals surface area contributed by atoms with Crippen molar-refractivity contribution in [3.63, 3.8) is 0 Å². The van der Waals surface area contributed by atoms with E-state index in [0.29, 0.717) is 18.4 Å². The fourth-order valence-electron chi connectivity index (χ4n) is 2.32. The van der Waals surface area contributed by atoms with Crippen LogP contribution in [-0.2, 0) is 4.79 Å². The van der Waals surface area contributed by atoms with Crippen molar-refractivity contribution in [1.29, 1.82) is 0 Å². The highest BCUT2D eigenvalue weighted by Gasteiger charge is 2.33. The van der Waals surface area contributed by atoms with Crippen LogP contribution in [0.4, 0.5) is 0 Å². The van der Waals surface area contributed by atoms with Crippen LogP contribution in [0.1, 0.15) is 60.8 Å². The van der Waals surface area contributed by atoms with E-state index in [4.69, 9.17) is 7.85 Å². The summed E-state index contributed by atoms with van der Waals surface area (Å²) in [4.78, 5) is 13.3. The van der Waals surface area contributed by atoms with E-state index in [9.17, 15) is 4.79 Å². The Labute approximate surface area is 110 Å². The van der Waals surface area contributed by atoms with Gasteiger partial charge in [0.1, 0.15) is 0 Å². The van der Waals surface area contributed by atoms with E-state index < -0.39 is 0 Å². The molecule has 1 heterocycles. The maximum absolute atomic E-state index is 11.4. The highest BCUT2D eigenvalue weighted by Crippen LogP contribution is 2.32. The van der Waals surface area contributed by atoms with Gasteiger partial charge in [-0.3, -0.25) is 4.79 Å². The molecule has 2 nitrogen and oxygen atoms in total. The van der Waals surface area contributed by atoms with E-state index in [1.54, 1.807) is 0 Å². The first-order chi connectivity index (χ1) is 8.07. The molecule has 0 aromatic heterocycles. The van der Waals surface area contributed by atoms with E-state index in [-0.39, 0.29) is 11.7 Å². The summed E-state index contributed by atoms with van der Waals surface area (Å²) in [5.74, 6) is 0.942. The SMILES string of the molecule is CC.CC.[B]C(C)C1CCC(=O)N(C)C1CC. The summed E-state index contributed by atoms with van der Waals surface area (Å²) in [6.07, 6.45) is 2.63. The molecule has 1 saturated heterocycles. The third-order valence-electron chi connectivity index (χ3n) is 3.17. The second-order valence-electron chi connectivity index (χ2n) is 4.04. The molecule has 1 aliphatic heterocycles. The molecule has 0 aromatic carbocycles. The zero-order valence-corrected chi connectivity index (χ0v) is 12.8. The van der Waals surface area contributed by atoms with Gasteiger partial charge in [-0.05, 0) is 18.8 Å². The molecule has 1 rings (SSSR count). The maximum atomic E-state index is 11.4. The fraction of sp³-hybridized carbons (Fsp3) is 0.929. The van der Waals surface area contributed by atoms with Gasteiger partial charge in [-0.1, -0.05) is 47.4 Å². The lowest BCUT2D eigenvalue weighted by atomic mass is 9.70. The van der Waals surface area contributed by atoms with Crippen LogP contribution < -0.4 is 0 Å². The fourth-order valence-corrected chi connectivity index (χ4v) is 2.32. The van der Waals surface area contributed by atoms with Crippen molar-refractivity contribution >= 4 is 13.8 Å². The predicted molar refractivity (Wildman–Crippen MR) is 77.4 cm³/mol. The molecule has 100 valence electrons. The number of hydrogen-bond acceptors (Lipinski definition) is 1. The molecule has 17 heavy (non-hydrogen) atoms. The van der Waals surface area contributed by atoms with E-state index >= 15 is 0 Å². The van der Waals surface area contributed by atoms with Crippen LogP contribution in [-0.4, -0.2) is 31.7 Å². The number of nitrogens with zero attached hydrogens (tertiary/aromatic N) is 1. The zero-order valence-electron chi connectivity index (χ0n) is 12.8. The summed E-state index contributed by atoms with van der Waals surface area (Å²) in [7, 11) is 7.80. The molecule has 0 bridgehead atoms. The van der Waals surface area contributed by atoms with Crippen LogP contribution in [0.15, 0.2) is 0 Å². The summed E-state index contributed by atoms with van der Waals surface area (Å²) >= 11 is 0. The molecule has 0 aromatic rings. The first-order valence-corrected chi connectivity index (χ1v) is 7.09. The van der Waals surface area contributed by atoms with Gasteiger partial charge in [0.2, 0.25) is 5.91 Å². The van der Waals surface area contributed by atoms with Crippen LogP contribution in [0.25, 0.3) is 0 Å². The first-order valence-electron chi connectivity index (χ1n) is 7.09. The summed E-state index contributed by atoms with van der Waals surface area (Å²) in [6.45, 7) is 12.2. The first kappa shape index (κ1) is 18.9. The summed E-state index contributed by atoms with van der Waals surface area (Å²) in [5.41, 5.74) is 0. The summed E-state index contributed by atoms with van der Waals surface area (Å²) in [5, 5.41) is 0. The van der Waals surface area contributed by atoms with Crippen molar-refractivity contribution in [1.82, 2.24) is 4.90 Å². The van der Waals surface area contributed by atoms with Crippen molar-refractivity contribution < 1.29 is 4.79 Å². The lowest BCUT2D eigenvalue weighted by molar-refractivity contribution is -0.136. The van der Waals surface area contributed by atoms with E-state index in [0.717, 1.165) is 12.8 Å². The van der Waals surface area contributed by atoms with Crippen LogP contribution in [0.2, 0.25) is 5.82 Å². The van der Waals surface area contributed by atoms with Crippen molar-refractivity contribution in [3.8, 4) is 0 Å². The molecule has 3 heteroatoms. The Bertz CT molecular complexity index is 195. The Morgan fingerprint density at radius 3 is 2.18 bits per heavy atom. The Kier molecular flexibility index (Phi) is 11.9. The van der Waals surface area contributed by atoms with Gasteiger partial charge in [0.25, 0.3) is 0 Å². The second-order valence-corrected chi connectivity index (χ2v) is 4.04. The van der Waals surface area contributed by atoms with Crippen LogP contribution in [0.5, 0.6) is 0 Å². The van der Waals surface area contributed by atoms with E-state index in [2.05, 4.69) is 6.92 Å². The molecule has 0 saturated carbocycles. The number of rotatable bonds is 2. The average molecular weight is 239 g/mol. The number of carbonyl (C=O) groups excluding carboxylic acids is 1. The van der Waals surface area contributed by atoms with Gasteiger partial charge in [0.05, 0.1) is 7.85 Å². The smallest absolute Gasteiger partial charge is 0.222 e. The lowest BCUT2D eigenvalue weighted by Crippen LogP contribution is -2.46. The average Bonchev–Trinajstić information content (AvgIpc) is 2.37. The molecule has 0 spiro atoms. The number of amides is 1. The highest BCUT2D eigenvalue weighted by molar-refractivity contribution is 6.11. The highest BCUT2D eigenvalue weighted by atomic mass is 16.2. The Morgan fingerprint density at radius 1 is 1.35 bits per heavy atom. The van der Waals surface area contributed by atoms with Gasteiger partial charge >= 0.3 is 0 Å². The van der Waals surface area contributed by atoms with Gasteiger partial charge in [-0.25, -0.2) is 0 Å². The number of hydrogen-bond donors (Lipinski definition) is 0. The molecular weight excluding hydrogens is 209 g/mol. The number of carbonyl (C=O) groups is 1. The normalized spacial score (nSPS) is 25.1. The summed E-state index contributed by atoms with van der Waals surface area (Å²) < 4.78 is 0. The second kappa shape index (κ2) is 10.7. The minimum Gasteiger partial charge on any atom is -0.343 e. The maximum Gasteiger partial charge on any atom is 0.222 e. The quantitative estimate of drug-likeness (QED) is 0.673. The molecule has 3 unspecified atom stereocenters. The van der Waals surface area contributed by atoms with E-state index in [1.165, 1.54) is 0 Å². The lowest BCUT2D eigenvalue weighted by Gasteiger charge is -2.40. The van der Waals surface area contributed by atoms with Gasteiger partial charge in [0, 0.05) is 19.5 Å². The van der Waals surface area contributed by atoms with E-state index in [1.807, 2.05) is 46.6 Å². The van der Waals surface area contributed by atoms with Crippen molar-refractivity contribution in [2.24, 2.45) is 5.92 Å². The molecule has 1 amide bonds. The van der Waals surface area contributed by atoms with Crippen molar-refractivity contribution in [3.05, 3.63) is 0 Å². The third kappa shape index (κ3) is 5.60. The molecule has 0 N–H and O–H groups in total. The minimum absolute atomic E-state index is 0.195. The standard InChI is InChI=1S/C10H18BNO.2C2H6/c1-4-9-8(7(2)11)5-6-10(13)12(9)3;2*1-2/h7-9H,4-6H2,1-3H3;2*1-2H3. The number of likely N-dealkylation sites (tertiary alicyclic amines) is 1. The van der Waals surface area contributed by atoms with Gasteiger partial charge in [-0.15, -0.1) is 0 Å². The Hall–Kier alpha value is -0.465. The topological polar surface area (TPSA) is 20.3 Å². The minimum atomic E-state index is 0.195. The predicted octanol–water partition coefficient (Wildman–Crippen LogP) is 3.66. The Morgan fingerprint density at radius 2 is 1.82 bits per heavy atom. The molecule has 3 atom stereocenters. The van der Waals surface area contributed by atoms with Crippen molar-refractivity contribution in [2.45, 2.75) is 72.7 Å². The summed E-state index contributed by atoms with van der Waals surface area (Å²) in [6, 6.07) is 0.348. The molecule has 2 radical (unpaired) electrons. The Balaban J connectivity index is 0. The van der Waals surface area contributed by atoms with Crippen LogP contribution in [0, 0.1) is 5.92 Å². The third-order valence-corrected chi connectivity index (χ3v) is 3.17. The zero-order chi connectivity index (χ0) is 14.0. The molecule has 1 aliphatic rings. The molecule has 1 fully saturated rings. The van der Waals surface area contributed by atoms with Crippen molar-refractivity contribution in [2.75, 3.05) is 7.05 Å². The van der Waals surface area contributed by atoms with Gasteiger partial charge in [0.15, 0.2) is 0 Å². The molecular formula is C14H30BNO. The van der Waals surface area contributed by atoms with Gasteiger partial charge in [-0.2, -0.15) is 0 Å². The van der Waals surface area contributed by atoms with Crippen LogP contribution >= 0.6 is 0 Å². The van der Waals surface area contributed by atoms with Crippen LogP contribution in [0.3, 0.4) is 0 Å². The largest absolute Gasteiger partial charge is 0.343 e. The molecule has 0 aliphatic carbocycles. The number of piperidine rings is 1.